The maximum Gasteiger partial charge on any atom is 0.322 e. The second-order valence-electron chi connectivity index (χ2n) is 2.10. The van der Waals surface area contributed by atoms with Crippen molar-refractivity contribution in [2.45, 2.75) is 0 Å². The first-order valence-electron chi connectivity index (χ1n) is 3.22. The maximum atomic E-state index is 10.2. The van der Waals surface area contributed by atoms with Crippen LogP contribution >= 0.6 is 23.4 Å². The summed E-state index contributed by atoms with van der Waals surface area (Å²) >= 11 is 11.0. The summed E-state index contributed by atoms with van der Waals surface area (Å²) in [5.41, 5.74) is 2.45. The number of hydrazone groups is 1. The van der Waals surface area contributed by atoms with E-state index in [-0.39, 0.29) is 17.5 Å². The lowest BCUT2D eigenvalue weighted by Crippen LogP contribution is -2.36. The number of nitrogens with one attached hydrogen (secondary N) is 2. The van der Waals surface area contributed by atoms with Gasteiger partial charge >= 0.3 is 5.97 Å². The van der Waals surface area contributed by atoms with Crippen molar-refractivity contribution in [1.82, 2.24) is 15.4 Å². The molecule has 0 bridgehead atoms. The van der Waals surface area contributed by atoms with Gasteiger partial charge in [-0.3, -0.25) is 10.2 Å². The van der Waals surface area contributed by atoms with Crippen LogP contribution in [0.2, 0.25) is 0 Å². The SMILES string of the molecule is O=C(O)CNC1=NN(Cl)NC(Cl)=C1. The minimum atomic E-state index is -0.994. The van der Waals surface area contributed by atoms with E-state index in [0.717, 1.165) is 4.64 Å². The van der Waals surface area contributed by atoms with Crippen molar-refractivity contribution in [2.24, 2.45) is 5.10 Å². The Bertz CT molecular complexity index is 278. The first kappa shape index (κ1) is 9.94. The van der Waals surface area contributed by atoms with E-state index >= 15 is 0 Å². The fourth-order valence-corrected chi connectivity index (χ4v) is 1.04. The molecule has 1 rings (SSSR count). The van der Waals surface area contributed by atoms with Gasteiger partial charge in [-0.1, -0.05) is 11.6 Å². The largest absolute Gasteiger partial charge is 0.480 e. The third kappa shape index (κ3) is 3.39. The first-order chi connectivity index (χ1) is 6.08. The third-order valence-electron chi connectivity index (χ3n) is 1.08. The molecule has 0 saturated heterocycles. The Kier molecular flexibility index (Phi) is 3.21. The Morgan fingerprint density at radius 3 is 3.08 bits per heavy atom. The van der Waals surface area contributed by atoms with E-state index in [1.807, 2.05) is 0 Å². The summed E-state index contributed by atoms with van der Waals surface area (Å²) in [5, 5.41) is 14.8. The number of carbonyl (C=O) groups is 1. The topological polar surface area (TPSA) is 77.0 Å². The highest BCUT2D eigenvalue weighted by molar-refractivity contribution is 6.31. The molecule has 0 unspecified atom stereocenters. The molecule has 0 aromatic heterocycles. The van der Waals surface area contributed by atoms with Gasteiger partial charge in [-0.25, -0.2) is 0 Å². The van der Waals surface area contributed by atoms with Crippen molar-refractivity contribution in [1.29, 1.82) is 0 Å². The van der Waals surface area contributed by atoms with Crippen LogP contribution in [0, 0.1) is 0 Å². The zero-order valence-electron chi connectivity index (χ0n) is 6.29. The third-order valence-corrected chi connectivity index (χ3v) is 1.43. The molecule has 0 saturated carbocycles. The maximum absolute atomic E-state index is 10.2. The van der Waals surface area contributed by atoms with Gasteiger partial charge in [0.2, 0.25) is 0 Å². The molecule has 6 nitrogen and oxygen atoms in total. The van der Waals surface area contributed by atoms with E-state index in [1.165, 1.54) is 6.08 Å². The lowest BCUT2D eigenvalue weighted by molar-refractivity contribution is -0.135. The van der Waals surface area contributed by atoms with Gasteiger partial charge in [0, 0.05) is 6.08 Å². The van der Waals surface area contributed by atoms with Gasteiger partial charge in [0.05, 0.1) is 11.8 Å². The predicted molar refractivity (Wildman–Crippen MR) is 47.8 cm³/mol. The molecule has 8 heteroatoms. The summed E-state index contributed by atoms with van der Waals surface area (Å²) in [6.45, 7) is -0.246. The molecule has 1 aliphatic rings. The van der Waals surface area contributed by atoms with Crippen LogP contribution in [0.3, 0.4) is 0 Å². The lowest BCUT2D eigenvalue weighted by atomic mass is 10.5. The molecule has 0 fully saturated rings. The Labute approximate surface area is 83.9 Å². The normalized spacial score (nSPS) is 15.7. The van der Waals surface area contributed by atoms with Crippen LogP contribution in [-0.2, 0) is 4.79 Å². The van der Waals surface area contributed by atoms with E-state index in [9.17, 15) is 4.79 Å². The van der Waals surface area contributed by atoms with Gasteiger partial charge in [0.15, 0.2) is 5.84 Å². The highest BCUT2D eigenvalue weighted by Gasteiger charge is 2.09. The molecule has 13 heavy (non-hydrogen) atoms. The van der Waals surface area contributed by atoms with Crippen molar-refractivity contribution in [3.8, 4) is 0 Å². The van der Waals surface area contributed by atoms with Crippen LogP contribution < -0.4 is 10.7 Å². The number of aliphatic carboxylic acids is 1. The number of hydrogen-bond acceptors (Lipinski definition) is 5. The highest BCUT2D eigenvalue weighted by atomic mass is 35.5. The fourth-order valence-electron chi connectivity index (χ4n) is 0.641. The van der Waals surface area contributed by atoms with Crippen molar-refractivity contribution in [3.63, 3.8) is 0 Å². The van der Waals surface area contributed by atoms with Crippen molar-refractivity contribution in [3.05, 3.63) is 11.2 Å². The molecule has 0 aliphatic carbocycles. The summed E-state index contributed by atoms with van der Waals surface area (Å²) in [6, 6.07) is 0. The van der Waals surface area contributed by atoms with Crippen LogP contribution in [0.5, 0.6) is 0 Å². The number of amidine groups is 1. The van der Waals surface area contributed by atoms with E-state index in [2.05, 4.69) is 15.8 Å². The molecule has 0 spiro atoms. The minimum Gasteiger partial charge on any atom is -0.480 e. The van der Waals surface area contributed by atoms with Crippen molar-refractivity contribution >= 4 is 35.2 Å². The number of carboxylic acid groups (broad SMARTS) is 1. The van der Waals surface area contributed by atoms with Gasteiger partial charge < -0.3 is 10.4 Å². The van der Waals surface area contributed by atoms with Crippen LogP contribution in [0.25, 0.3) is 0 Å². The molecule has 1 aliphatic heterocycles. The Morgan fingerprint density at radius 2 is 2.54 bits per heavy atom. The van der Waals surface area contributed by atoms with Gasteiger partial charge in [0.25, 0.3) is 0 Å². The molecule has 0 amide bonds. The number of carboxylic acids is 1. The van der Waals surface area contributed by atoms with Gasteiger partial charge in [0.1, 0.15) is 11.7 Å². The summed E-state index contributed by atoms with van der Waals surface area (Å²) < 4.78 is 0.854. The minimum absolute atomic E-state index is 0.246. The van der Waals surface area contributed by atoms with Crippen LogP contribution in [0.15, 0.2) is 16.3 Å². The zero-order chi connectivity index (χ0) is 9.84. The number of hydrogen-bond donors (Lipinski definition) is 3. The molecule has 1 heterocycles. The van der Waals surface area contributed by atoms with Gasteiger partial charge in [-0.2, -0.15) is 0 Å². The zero-order valence-corrected chi connectivity index (χ0v) is 7.80. The molecule has 3 N–H and O–H groups in total. The average molecular weight is 225 g/mol. The van der Waals surface area contributed by atoms with E-state index < -0.39 is 5.97 Å². The van der Waals surface area contributed by atoms with Crippen LogP contribution in [0.4, 0.5) is 0 Å². The standard InChI is InChI=1S/C5H6Cl2N4O2/c6-3-1-4(8-2-5(12)13)10-11(7)9-3/h1,9H,2H2,(H,8,10)(H,12,13). The average Bonchev–Trinajstić information content (AvgIpc) is 1.99. The molecule has 0 radical (unpaired) electrons. The molecule has 0 aromatic rings. The molecular formula is C5H6Cl2N4O2. The Hall–Kier alpha value is -1.14. The van der Waals surface area contributed by atoms with Crippen molar-refractivity contribution < 1.29 is 9.90 Å². The second kappa shape index (κ2) is 4.20. The number of rotatable bonds is 2. The quantitative estimate of drug-likeness (QED) is 0.456. The summed E-state index contributed by atoms with van der Waals surface area (Å²) in [7, 11) is 0. The van der Waals surface area contributed by atoms with Crippen LogP contribution in [0.1, 0.15) is 0 Å². The van der Waals surface area contributed by atoms with Gasteiger partial charge in [-0.15, -0.1) is 9.74 Å². The monoisotopic (exact) mass is 224 g/mol. The molecule has 0 aromatic carbocycles. The smallest absolute Gasteiger partial charge is 0.322 e. The van der Waals surface area contributed by atoms with E-state index in [0.29, 0.717) is 0 Å². The number of halogens is 2. The summed E-state index contributed by atoms with van der Waals surface area (Å²) in [6.07, 6.45) is 1.42. The summed E-state index contributed by atoms with van der Waals surface area (Å²) in [5.74, 6) is -0.715. The summed E-state index contributed by atoms with van der Waals surface area (Å²) in [4.78, 5) is 10.2. The van der Waals surface area contributed by atoms with Crippen molar-refractivity contribution in [2.75, 3.05) is 6.54 Å². The second-order valence-corrected chi connectivity index (χ2v) is 2.82. The lowest BCUT2D eigenvalue weighted by Gasteiger charge is -2.17. The number of nitrogens with zero attached hydrogens (tertiary/aromatic N) is 2. The molecule has 0 atom stereocenters. The van der Waals surface area contributed by atoms with E-state index in [1.54, 1.807) is 0 Å². The predicted octanol–water partition coefficient (Wildman–Crippen LogP) is 0.0283. The molecule has 72 valence electrons. The van der Waals surface area contributed by atoms with Gasteiger partial charge in [-0.05, 0) is 0 Å². The Balaban J connectivity index is 2.53. The molecular weight excluding hydrogens is 219 g/mol. The fraction of sp³-hybridized carbons (Fsp3) is 0.200. The first-order valence-corrected chi connectivity index (χ1v) is 3.93. The highest BCUT2D eigenvalue weighted by Crippen LogP contribution is 2.06. The Morgan fingerprint density at radius 1 is 1.85 bits per heavy atom. The number of hydrazine groups is 1. The van der Waals surface area contributed by atoms with Crippen LogP contribution in [-0.4, -0.2) is 28.1 Å². The van der Waals surface area contributed by atoms with E-state index in [4.69, 9.17) is 28.5 Å².